The monoisotopic (exact) mass is 451 g/mol. The second kappa shape index (κ2) is 9.06. The van der Waals surface area contributed by atoms with Gasteiger partial charge in [-0.15, -0.1) is 0 Å². The Hall–Kier alpha value is -3.06. The van der Waals surface area contributed by atoms with E-state index in [-0.39, 0.29) is 6.04 Å². The van der Waals surface area contributed by atoms with E-state index in [0.29, 0.717) is 17.8 Å². The van der Waals surface area contributed by atoms with Crippen molar-refractivity contribution in [1.29, 1.82) is 0 Å². The van der Waals surface area contributed by atoms with Crippen molar-refractivity contribution >= 4 is 16.7 Å². The van der Waals surface area contributed by atoms with Gasteiger partial charge in [0, 0.05) is 49.8 Å². The Kier molecular flexibility index (Phi) is 6.34. The van der Waals surface area contributed by atoms with Crippen LogP contribution < -0.4 is 5.73 Å². The highest BCUT2D eigenvalue weighted by molar-refractivity contribution is 6.07. The van der Waals surface area contributed by atoms with Crippen LogP contribution in [0.15, 0.2) is 77.2 Å². The number of nitrogens with zero attached hydrogens (tertiary/aromatic N) is 4. The van der Waals surface area contributed by atoms with Crippen LogP contribution in [-0.4, -0.2) is 45.2 Å². The van der Waals surface area contributed by atoms with Gasteiger partial charge in [-0.2, -0.15) is 0 Å². The quantitative estimate of drug-likeness (QED) is 0.614. The molecule has 0 aliphatic carbocycles. The minimum atomic E-state index is -2.88. The van der Waals surface area contributed by atoms with Crippen LogP contribution >= 0.6 is 0 Å². The molecule has 2 aliphatic heterocycles. The number of allylic oxidation sites excluding steroid dienone is 3. The summed E-state index contributed by atoms with van der Waals surface area (Å²) in [6.07, 6.45) is 8.18. The van der Waals surface area contributed by atoms with Crippen LogP contribution in [0.3, 0.4) is 0 Å². The van der Waals surface area contributed by atoms with E-state index in [0.717, 1.165) is 66.5 Å². The van der Waals surface area contributed by atoms with E-state index in [1.54, 1.807) is 16.8 Å². The van der Waals surface area contributed by atoms with Crippen molar-refractivity contribution in [2.24, 2.45) is 10.7 Å². The highest BCUT2D eigenvalue weighted by Crippen LogP contribution is 2.32. The van der Waals surface area contributed by atoms with Crippen LogP contribution in [0.2, 0.25) is 0 Å². The molecule has 0 aromatic carbocycles. The predicted molar refractivity (Wildman–Crippen MR) is 130 cm³/mol. The minimum absolute atomic E-state index is 0.152. The molecule has 5 nitrogen and oxygen atoms in total. The molecule has 0 amide bonds. The average Bonchev–Trinajstić information content (AvgIpc) is 3.30. The first-order valence-corrected chi connectivity index (χ1v) is 11.3. The fourth-order valence-corrected chi connectivity index (χ4v) is 4.52. The van der Waals surface area contributed by atoms with E-state index in [1.165, 1.54) is 0 Å². The van der Waals surface area contributed by atoms with Crippen LogP contribution in [0.1, 0.15) is 38.8 Å². The van der Waals surface area contributed by atoms with Crippen molar-refractivity contribution in [3.8, 4) is 0 Å². The topological polar surface area (TPSA) is 59.4 Å². The van der Waals surface area contributed by atoms with Crippen LogP contribution in [0.5, 0.6) is 0 Å². The molecule has 2 aromatic heterocycles. The van der Waals surface area contributed by atoms with Crippen molar-refractivity contribution < 1.29 is 8.78 Å². The third-order valence-corrected chi connectivity index (χ3v) is 6.16. The van der Waals surface area contributed by atoms with E-state index in [2.05, 4.69) is 23.0 Å². The van der Waals surface area contributed by atoms with Crippen molar-refractivity contribution in [1.82, 2.24) is 14.5 Å². The first-order valence-electron chi connectivity index (χ1n) is 11.3. The van der Waals surface area contributed by atoms with Crippen molar-refractivity contribution in [3.63, 3.8) is 0 Å². The number of likely N-dealkylation sites (tertiary alicyclic amines) is 1. The summed E-state index contributed by atoms with van der Waals surface area (Å²) in [5, 5.41) is 0.812. The number of hydrogen-bond donors (Lipinski definition) is 1. The second-order valence-electron chi connectivity index (χ2n) is 9.01. The summed E-state index contributed by atoms with van der Waals surface area (Å²) in [5.74, 6) is -2.88. The van der Waals surface area contributed by atoms with Crippen molar-refractivity contribution in [3.05, 3.63) is 77.9 Å². The van der Waals surface area contributed by atoms with E-state index >= 15 is 0 Å². The maximum absolute atomic E-state index is 14.0. The average molecular weight is 452 g/mol. The largest absolute Gasteiger partial charge is 0.370 e. The number of aliphatic imine (C=N–C) groups is 1. The molecule has 1 unspecified atom stereocenters. The number of nitrogens with two attached hydrogens (primary N) is 1. The van der Waals surface area contributed by atoms with Gasteiger partial charge in [0.1, 0.15) is 5.65 Å². The smallest absolute Gasteiger partial charge is 0.263 e. The molecule has 0 bridgehead atoms. The van der Waals surface area contributed by atoms with Crippen molar-refractivity contribution in [2.75, 3.05) is 13.1 Å². The number of aromatic nitrogens is 2. The van der Waals surface area contributed by atoms with Crippen molar-refractivity contribution in [2.45, 2.75) is 51.6 Å². The molecule has 2 aliphatic rings. The molecule has 33 heavy (non-hydrogen) atoms. The van der Waals surface area contributed by atoms with E-state index in [1.807, 2.05) is 31.2 Å². The lowest BCUT2D eigenvalue weighted by Crippen LogP contribution is -2.42. The molecule has 2 N–H and O–H groups in total. The normalized spacial score (nSPS) is 21.2. The fourth-order valence-electron chi connectivity index (χ4n) is 4.52. The molecule has 1 atom stereocenters. The van der Waals surface area contributed by atoms with Gasteiger partial charge in [-0.25, -0.2) is 13.8 Å². The Morgan fingerprint density at radius 2 is 2.18 bits per heavy atom. The zero-order valence-electron chi connectivity index (χ0n) is 19.3. The summed E-state index contributed by atoms with van der Waals surface area (Å²) in [4.78, 5) is 11.4. The van der Waals surface area contributed by atoms with Gasteiger partial charge < -0.3 is 15.2 Å². The van der Waals surface area contributed by atoms with Gasteiger partial charge in [0.05, 0.1) is 23.6 Å². The minimum Gasteiger partial charge on any atom is -0.370 e. The van der Waals surface area contributed by atoms with Gasteiger partial charge in [-0.05, 0) is 55.2 Å². The number of piperidine rings is 1. The molecule has 0 spiro atoms. The SMILES string of the molecule is C=C1CC(c2cc3cccnc3n2CC(C)(F)F)=N/C1=C/C(=C\C)C(=C)N1CCCC(N)C1. The van der Waals surface area contributed by atoms with Crippen LogP contribution in [0.4, 0.5) is 8.78 Å². The highest BCUT2D eigenvalue weighted by Gasteiger charge is 2.28. The van der Waals surface area contributed by atoms with Crippen LogP contribution in [0.25, 0.3) is 11.0 Å². The number of halogens is 2. The Morgan fingerprint density at radius 1 is 1.39 bits per heavy atom. The third-order valence-electron chi connectivity index (χ3n) is 6.16. The molecule has 4 rings (SSSR count). The fraction of sp³-hybridized carbons (Fsp3) is 0.385. The second-order valence-corrected chi connectivity index (χ2v) is 9.01. The highest BCUT2D eigenvalue weighted by atomic mass is 19.3. The maximum atomic E-state index is 14.0. The molecule has 4 heterocycles. The zero-order valence-corrected chi connectivity index (χ0v) is 19.3. The number of hydrogen-bond acceptors (Lipinski definition) is 4. The number of rotatable bonds is 6. The molecular weight excluding hydrogens is 420 g/mol. The Bertz CT molecular complexity index is 1180. The first-order chi connectivity index (χ1) is 15.7. The number of fused-ring (bicyclic) bond motifs is 1. The summed E-state index contributed by atoms with van der Waals surface area (Å²) in [6.45, 7) is 12.6. The molecule has 174 valence electrons. The van der Waals surface area contributed by atoms with E-state index in [4.69, 9.17) is 10.7 Å². The van der Waals surface area contributed by atoms with Crippen LogP contribution in [-0.2, 0) is 6.54 Å². The number of pyridine rings is 1. The summed E-state index contributed by atoms with van der Waals surface area (Å²) in [5.41, 5.74) is 11.5. The molecule has 7 heteroatoms. The lowest BCUT2D eigenvalue weighted by atomic mass is 10.0. The Balaban J connectivity index is 1.68. The standard InChI is InChI=1S/C26H31F2N5/c1-5-19(18(3)32-11-7-9-21(29)15-32)13-22-17(2)12-23(31-22)24-14-20-8-6-10-30-25(20)33(24)16-26(4,27)28/h5-6,8,10,13-14,21H,2-3,7,9,11-12,15-16,29H2,1,4H3/b19-5+,22-13+. The molecular formula is C26H31F2N5. The predicted octanol–water partition coefficient (Wildman–Crippen LogP) is 5.21. The van der Waals surface area contributed by atoms with Gasteiger partial charge in [0.25, 0.3) is 5.92 Å². The molecule has 0 saturated carbocycles. The lowest BCUT2D eigenvalue weighted by molar-refractivity contribution is 0.00483. The number of alkyl halides is 2. The third kappa shape index (κ3) is 4.98. The van der Waals surface area contributed by atoms with Gasteiger partial charge in [0.15, 0.2) is 0 Å². The molecule has 1 saturated heterocycles. The van der Waals surface area contributed by atoms with E-state index < -0.39 is 12.5 Å². The van der Waals surface area contributed by atoms with Gasteiger partial charge in [-0.1, -0.05) is 19.2 Å². The van der Waals surface area contributed by atoms with Gasteiger partial charge in [0.2, 0.25) is 0 Å². The molecule has 0 radical (unpaired) electrons. The first kappa shape index (κ1) is 23.1. The molecule has 2 aromatic rings. The van der Waals surface area contributed by atoms with E-state index in [9.17, 15) is 8.78 Å². The van der Waals surface area contributed by atoms with Gasteiger partial charge in [-0.3, -0.25) is 4.99 Å². The Labute approximate surface area is 193 Å². The summed E-state index contributed by atoms with van der Waals surface area (Å²) in [7, 11) is 0. The van der Waals surface area contributed by atoms with Crippen LogP contribution in [0, 0.1) is 0 Å². The zero-order chi connectivity index (χ0) is 23.8. The van der Waals surface area contributed by atoms with Gasteiger partial charge >= 0.3 is 0 Å². The Morgan fingerprint density at radius 3 is 2.88 bits per heavy atom. The summed E-state index contributed by atoms with van der Waals surface area (Å²) < 4.78 is 29.6. The lowest BCUT2D eigenvalue weighted by Gasteiger charge is -2.34. The maximum Gasteiger partial charge on any atom is 0.263 e. The summed E-state index contributed by atoms with van der Waals surface area (Å²) >= 11 is 0. The summed E-state index contributed by atoms with van der Waals surface area (Å²) in [6, 6.07) is 5.72. The molecule has 1 fully saturated rings.